The Morgan fingerprint density at radius 2 is 1.83 bits per heavy atom. The summed E-state index contributed by atoms with van der Waals surface area (Å²) >= 11 is 6.17. The molecule has 0 spiro atoms. The molecular formula is C18H23ClN4O. The van der Waals surface area contributed by atoms with Crippen molar-refractivity contribution in [3.63, 3.8) is 0 Å². The quantitative estimate of drug-likeness (QED) is 0.805. The van der Waals surface area contributed by atoms with E-state index in [9.17, 15) is 4.79 Å². The van der Waals surface area contributed by atoms with E-state index < -0.39 is 0 Å². The number of nitrogens with one attached hydrogen (secondary N) is 1. The predicted molar refractivity (Wildman–Crippen MR) is 98.0 cm³/mol. The first-order valence-electron chi connectivity index (χ1n) is 8.21. The lowest BCUT2D eigenvalue weighted by molar-refractivity contribution is 0.0749. The van der Waals surface area contributed by atoms with Crippen molar-refractivity contribution in [3.8, 4) is 0 Å². The van der Waals surface area contributed by atoms with Crippen molar-refractivity contribution in [1.82, 2.24) is 14.9 Å². The summed E-state index contributed by atoms with van der Waals surface area (Å²) in [5.74, 6) is 1.04. The second-order valence-corrected chi connectivity index (χ2v) is 5.99. The molecule has 1 N–H and O–H groups in total. The van der Waals surface area contributed by atoms with Crippen LogP contribution in [0.3, 0.4) is 0 Å². The number of rotatable bonds is 7. The zero-order valence-corrected chi connectivity index (χ0v) is 15.1. The molecule has 0 fully saturated rings. The number of carbonyl (C=O) groups excluding carboxylic acids is 1. The number of aryl methyl sites for hydroxylation is 1. The predicted octanol–water partition coefficient (Wildman–Crippen LogP) is 4.44. The van der Waals surface area contributed by atoms with E-state index in [1.54, 1.807) is 19.1 Å². The van der Waals surface area contributed by atoms with E-state index in [-0.39, 0.29) is 5.91 Å². The molecule has 0 aliphatic carbocycles. The number of anilines is 2. The highest BCUT2D eigenvalue weighted by atomic mass is 35.5. The van der Waals surface area contributed by atoms with Crippen molar-refractivity contribution in [3.05, 3.63) is 46.9 Å². The molecule has 0 aliphatic rings. The van der Waals surface area contributed by atoms with Gasteiger partial charge < -0.3 is 10.2 Å². The van der Waals surface area contributed by atoms with Crippen LogP contribution in [-0.2, 0) is 0 Å². The van der Waals surface area contributed by atoms with Crippen LogP contribution in [0.5, 0.6) is 0 Å². The topological polar surface area (TPSA) is 58.1 Å². The number of benzene rings is 1. The van der Waals surface area contributed by atoms with Gasteiger partial charge in [-0.15, -0.1) is 0 Å². The van der Waals surface area contributed by atoms with Gasteiger partial charge in [0.1, 0.15) is 17.3 Å². The molecule has 5 nitrogen and oxygen atoms in total. The van der Waals surface area contributed by atoms with Gasteiger partial charge in [-0.1, -0.05) is 37.6 Å². The Bertz CT molecular complexity index is 699. The van der Waals surface area contributed by atoms with Gasteiger partial charge >= 0.3 is 0 Å². The molecule has 2 rings (SSSR count). The lowest BCUT2D eigenvalue weighted by atomic mass is 10.2. The van der Waals surface area contributed by atoms with Crippen molar-refractivity contribution in [2.24, 2.45) is 0 Å². The van der Waals surface area contributed by atoms with Gasteiger partial charge in [0.25, 0.3) is 5.91 Å². The van der Waals surface area contributed by atoms with Crippen molar-refractivity contribution in [1.29, 1.82) is 0 Å². The molecule has 2 aromatic rings. The number of hydrogen-bond donors (Lipinski definition) is 1. The minimum atomic E-state index is -0.0635. The van der Waals surface area contributed by atoms with Crippen LogP contribution in [0.25, 0.3) is 0 Å². The Labute approximate surface area is 148 Å². The minimum absolute atomic E-state index is 0.0635. The van der Waals surface area contributed by atoms with Gasteiger partial charge in [0.05, 0.1) is 10.7 Å². The van der Waals surface area contributed by atoms with Crippen molar-refractivity contribution < 1.29 is 4.79 Å². The third-order valence-corrected chi connectivity index (χ3v) is 3.80. The molecule has 0 saturated carbocycles. The largest absolute Gasteiger partial charge is 0.339 e. The summed E-state index contributed by atoms with van der Waals surface area (Å²) in [6.45, 7) is 7.35. The number of hydrogen-bond acceptors (Lipinski definition) is 4. The van der Waals surface area contributed by atoms with E-state index in [1.807, 2.05) is 23.1 Å². The average Bonchev–Trinajstić information content (AvgIpc) is 2.55. The molecule has 0 atom stereocenters. The van der Waals surface area contributed by atoms with E-state index in [2.05, 4.69) is 29.1 Å². The smallest absolute Gasteiger partial charge is 0.272 e. The van der Waals surface area contributed by atoms with Gasteiger partial charge in [0, 0.05) is 19.2 Å². The first-order valence-corrected chi connectivity index (χ1v) is 8.59. The molecule has 1 aromatic carbocycles. The normalized spacial score (nSPS) is 10.5. The lowest BCUT2D eigenvalue weighted by Gasteiger charge is -2.21. The summed E-state index contributed by atoms with van der Waals surface area (Å²) in [5, 5.41) is 3.75. The second-order valence-electron chi connectivity index (χ2n) is 5.58. The van der Waals surface area contributed by atoms with Gasteiger partial charge in [0.15, 0.2) is 0 Å². The van der Waals surface area contributed by atoms with Gasteiger partial charge in [-0.3, -0.25) is 4.79 Å². The SMILES string of the molecule is CCCN(CCC)C(=O)c1cc(Nc2ccccc2Cl)nc(C)n1. The average molecular weight is 347 g/mol. The fourth-order valence-corrected chi connectivity index (χ4v) is 2.64. The number of para-hydroxylation sites is 1. The zero-order valence-electron chi connectivity index (χ0n) is 14.3. The molecule has 1 heterocycles. The Morgan fingerprint density at radius 1 is 1.17 bits per heavy atom. The van der Waals surface area contributed by atoms with Gasteiger partial charge in [0.2, 0.25) is 0 Å². The Morgan fingerprint density at radius 3 is 2.46 bits per heavy atom. The van der Waals surface area contributed by atoms with Crippen LogP contribution in [-0.4, -0.2) is 33.9 Å². The number of nitrogens with zero attached hydrogens (tertiary/aromatic N) is 3. The standard InChI is InChI=1S/C18H23ClN4O/c1-4-10-23(11-5-2)18(24)16-12-17(21-13(3)20-16)22-15-9-7-6-8-14(15)19/h6-9,12H,4-5,10-11H2,1-3H3,(H,20,21,22). The third kappa shape index (κ3) is 4.68. The first-order chi connectivity index (χ1) is 11.5. The highest BCUT2D eigenvalue weighted by molar-refractivity contribution is 6.33. The van der Waals surface area contributed by atoms with E-state index in [4.69, 9.17) is 11.6 Å². The summed E-state index contributed by atoms with van der Waals surface area (Å²) in [6, 6.07) is 9.09. The van der Waals surface area contributed by atoms with Crippen LogP contribution >= 0.6 is 11.6 Å². The summed E-state index contributed by atoms with van der Waals surface area (Å²) in [7, 11) is 0. The van der Waals surface area contributed by atoms with Crippen LogP contribution in [0.2, 0.25) is 5.02 Å². The molecule has 0 saturated heterocycles. The molecule has 6 heteroatoms. The molecule has 1 aromatic heterocycles. The van der Waals surface area contributed by atoms with E-state index >= 15 is 0 Å². The maximum absolute atomic E-state index is 12.7. The number of aromatic nitrogens is 2. The lowest BCUT2D eigenvalue weighted by Crippen LogP contribution is -2.33. The van der Waals surface area contributed by atoms with Crippen LogP contribution in [0.4, 0.5) is 11.5 Å². The highest BCUT2D eigenvalue weighted by Gasteiger charge is 2.17. The second kappa shape index (κ2) is 8.64. The molecule has 24 heavy (non-hydrogen) atoms. The summed E-state index contributed by atoms with van der Waals surface area (Å²) in [5.41, 5.74) is 1.15. The summed E-state index contributed by atoms with van der Waals surface area (Å²) < 4.78 is 0. The molecule has 0 aliphatic heterocycles. The van der Waals surface area contributed by atoms with E-state index in [0.717, 1.165) is 31.6 Å². The first kappa shape index (κ1) is 18.2. The minimum Gasteiger partial charge on any atom is -0.339 e. The Hall–Kier alpha value is -2.14. The van der Waals surface area contributed by atoms with Crippen molar-refractivity contribution >= 4 is 29.0 Å². The molecule has 0 bridgehead atoms. The maximum Gasteiger partial charge on any atom is 0.272 e. The fraction of sp³-hybridized carbons (Fsp3) is 0.389. The van der Waals surface area contributed by atoms with Gasteiger partial charge in [-0.25, -0.2) is 9.97 Å². The Balaban J connectivity index is 2.27. The number of amides is 1. The highest BCUT2D eigenvalue weighted by Crippen LogP contribution is 2.24. The van der Waals surface area contributed by atoms with Gasteiger partial charge in [-0.2, -0.15) is 0 Å². The number of carbonyl (C=O) groups is 1. The van der Waals surface area contributed by atoms with Crippen LogP contribution < -0.4 is 5.32 Å². The molecular weight excluding hydrogens is 324 g/mol. The summed E-state index contributed by atoms with van der Waals surface area (Å²) in [6.07, 6.45) is 1.83. The van der Waals surface area contributed by atoms with Crippen LogP contribution in [0.1, 0.15) is 43.0 Å². The molecule has 128 valence electrons. The van der Waals surface area contributed by atoms with Crippen molar-refractivity contribution in [2.45, 2.75) is 33.6 Å². The fourth-order valence-electron chi connectivity index (χ4n) is 2.46. The van der Waals surface area contributed by atoms with Crippen molar-refractivity contribution in [2.75, 3.05) is 18.4 Å². The zero-order chi connectivity index (χ0) is 17.5. The Kier molecular flexibility index (Phi) is 6.55. The maximum atomic E-state index is 12.7. The van der Waals surface area contributed by atoms with Gasteiger partial charge in [-0.05, 0) is 31.9 Å². The molecule has 0 radical (unpaired) electrons. The molecule has 1 amide bonds. The third-order valence-electron chi connectivity index (χ3n) is 3.47. The van der Waals surface area contributed by atoms with E-state index in [1.165, 1.54) is 0 Å². The van der Waals surface area contributed by atoms with E-state index in [0.29, 0.717) is 22.4 Å². The van der Waals surface area contributed by atoms with Crippen LogP contribution in [0, 0.1) is 6.92 Å². The monoisotopic (exact) mass is 346 g/mol. The number of halogens is 1. The van der Waals surface area contributed by atoms with Crippen LogP contribution in [0.15, 0.2) is 30.3 Å². The summed E-state index contributed by atoms with van der Waals surface area (Å²) in [4.78, 5) is 23.2. The molecule has 0 unspecified atom stereocenters.